The molecule has 0 aromatic heterocycles. The molecule has 41 heavy (non-hydrogen) atoms. The number of unbranched alkanes of at least 4 members (excludes halogenated alkanes) is 6. The first-order chi connectivity index (χ1) is 20.0. The fourth-order valence-corrected chi connectivity index (χ4v) is 5.79. The van der Waals surface area contributed by atoms with Crippen LogP contribution in [0.2, 0.25) is 0 Å². The van der Waals surface area contributed by atoms with Crippen molar-refractivity contribution in [1.29, 1.82) is 0 Å². The van der Waals surface area contributed by atoms with E-state index in [9.17, 15) is 9.59 Å². The van der Waals surface area contributed by atoms with E-state index in [0.29, 0.717) is 37.1 Å². The van der Waals surface area contributed by atoms with Crippen molar-refractivity contribution in [2.75, 3.05) is 6.61 Å². The monoisotopic (exact) mass is 559 g/mol. The molecule has 0 heterocycles. The zero-order chi connectivity index (χ0) is 29.3. The van der Waals surface area contributed by atoms with Gasteiger partial charge in [-0.15, -0.1) is 0 Å². The van der Waals surface area contributed by atoms with Crippen LogP contribution in [0.3, 0.4) is 0 Å². The fourth-order valence-electron chi connectivity index (χ4n) is 5.79. The smallest absolute Gasteiger partial charge is 0.341 e. The average Bonchev–Trinajstić information content (AvgIpc) is 3.52. The molecule has 5 nitrogen and oxygen atoms in total. The first-order valence-corrected chi connectivity index (χ1v) is 15.8. The van der Waals surface area contributed by atoms with Gasteiger partial charge in [-0.25, -0.2) is 4.79 Å². The van der Waals surface area contributed by atoms with Crippen LogP contribution in [0.25, 0.3) is 0 Å². The molecule has 2 aromatic carbocycles. The minimum atomic E-state index is -1.01. The molecule has 5 heteroatoms. The SMILES string of the molecule is CCCCCCCCC#Cc1ccc(CN(Cc2ccc(OCC(=O)O)cc2)C(=O)CC(CC)C2CCCC2)cc1. The lowest BCUT2D eigenvalue weighted by Crippen LogP contribution is -2.32. The van der Waals surface area contributed by atoms with Crippen LogP contribution in [-0.4, -0.2) is 28.5 Å². The van der Waals surface area contributed by atoms with E-state index in [1.165, 1.54) is 57.8 Å². The highest BCUT2D eigenvalue weighted by molar-refractivity contribution is 5.76. The Morgan fingerprint density at radius 2 is 1.51 bits per heavy atom. The van der Waals surface area contributed by atoms with Gasteiger partial charge in [0.15, 0.2) is 6.61 Å². The summed E-state index contributed by atoms with van der Waals surface area (Å²) in [4.78, 5) is 26.5. The molecule has 1 unspecified atom stereocenters. The standard InChI is InChI=1S/C36H49NO4/c1-3-5-6-7-8-9-10-11-14-29-17-19-30(20-18-29)26-37(35(38)25-32(4-2)33-15-12-13-16-33)27-31-21-23-34(24-22-31)41-28-36(39)40/h17-24,32-33H,3-10,12-13,15-16,25-28H2,1-2H3,(H,39,40). The molecule has 0 spiro atoms. The Balaban J connectivity index is 1.63. The lowest BCUT2D eigenvalue weighted by molar-refractivity contribution is -0.139. The second kappa shape index (κ2) is 18.2. The van der Waals surface area contributed by atoms with Gasteiger partial charge in [-0.05, 0) is 53.6 Å². The zero-order valence-electron chi connectivity index (χ0n) is 25.2. The number of carbonyl (C=O) groups excluding carboxylic acids is 1. The van der Waals surface area contributed by atoms with Gasteiger partial charge in [0.1, 0.15) is 5.75 Å². The Morgan fingerprint density at radius 1 is 0.902 bits per heavy atom. The lowest BCUT2D eigenvalue weighted by Gasteiger charge is -2.28. The van der Waals surface area contributed by atoms with Gasteiger partial charge >= 0.3 is 5.97 Å². The number of hydrogen-bond acceptors (Lipinski definition) is 3. The summed E-state index contributed by atoms with van der Waals surface area (Å²) in [6.07, 6.45) is 15.3. The Bertz CT molecular complexity index is 1110. The van der Waals surface area contributed by atoms with Crippen molar-refractivity contribution in [3.05, 3.63) is 65.2 Å². The maximum absolute atomic E-state index is 13.7. The minimum absolute atomic E-state index is 0.192. The average molecular weight is 560 g/mol. The molecule has 0 aliphatic heterocycles. The first kappa shape index (κ1) is 32.3. The Hall–Kier alpha value is -3.26. The number of benzene rings is 2. The number of carbonyl (C=O) groups is 2. The summed E-state index contributed by atoms with van der Waals surface area (Å²) in [6, 6.07) is 15.7. The topological polar surface area (TPSA) is 66.8 Å². The van der Waals surface area contributed by atoms with Gasteiger partial charge in [0.25, 0.3) is 0 Å². The molecule has 3 rings (SSSR count). The molecule has 222 valence electrons. The van der Waals surface area contributed by atoms with Gasteiger partial charge in [-0.2, -0.15) is 0 Å². The molecule has 1 fully saturated rings. The number of carboxylic acids is 1. The second-order valence-electron chi connectivity index (χ2n) is 11.5. The third-order valence-electron chi connectivity index (χ3n) is 8.25. The highest BCUT2D eigenvalue weighted by Crippen LogP contribution is 2.35. The van der Waals surface area contributed by atoms with Gasteiger partial charge in [-0.1, -0.05) is 114 Å². The van der Waals surface area contributed by atoms with Crippen molar-refractivity contribution in [1.82, 2.24) is 4.90 Å². The van der Waals surface area contributed by atoms with Crippen LogP contribution in [0.4, 0.5) is 0 Å². The zero-order valence-corrected chi connectivity index (χ0v) is 25.2. The molecule has 1 N–H and O–H groups in total. The highest BCUT2D eigenvalue weighted by atomic mass is 16.5. The molecular weight excluding hydrogens is 510 g/mol. The molecule has 1 aliphatic carbocycles. The van der Waals surface area contributed by atoms with Gasteiger partial charge in [0.05, 0.1) is 0 Å². The highest BCUT2D eigenvalue weighted by Gasteiger charge is 2.27. The number of rotatable bonds is 17. The van der Waals surface area contributed by atoms with E-state index in [0.717, 1.165) is 36.0 Å². The molecular formula is C36H49NO4. The number of aliphatic carboxylic acids is 1. The van der Waals surface area contributed by atoms with E-state index in [1.807, 2.05) is 17.0 Å². The lowest BCUT2D eigenvalue weighted by atomic mass is 9.85. The van der Waals surface area contributed by atoms with Crippen molar-refractivity contribution in [3.8, 4) is 17.6 Å². The predicted octanol–water partition coefficient (Wildman–Crippen LogP) is 8.39. The molecule has 1 amide bonds. The molecule has 1 saturated carbocycles. The summed E-state index contributed by atoms with van der Waals surface area (Å²) < 4.78 is 5.28. The largest absolute Gasteiger partial charge is 0.482 e. The van der Waals surface area contributed by atoms with Crippen molar-refractivity contribution in [3.63, 3.8) is 0 Å². The van der Waals surface area contributed by atoms with Crippen LogP contribution in [0.1, 0.15) is 114 Å². The summed E-state index contributed by atoms with van der Waals surface area (Å²) in [5.74, 6) is 7.41. The van der Waals surface area contributed by atoms with Crippen molar-refractivity contribution in [2.24, 2.45) is 11.8 Å². The summed E-state index contributed by atoms with van der Waals surface area (Å²) in [6.45, 7) is 5.13. The number of nitrogens with zero attached hydrogens (tertiary/aromatic N) is 1. The van der Waals surface area contributed by atoms with E-state index in [2.05, 4.69) is 50.0 Å². The van der Waals surface area contributed by atoms with Gasteiger partial charge in [0.2, 0.25) is 5.91 Å². The summed E-state index contributed by atoms with van der Waals surface area (Å²) >= 11 is 0. The molecule has 1 aliphatic rings. The van der Waals surface area contributed by atoms with E-state index < -0.39 is 5.97 Å². The van der Waals surface area contributed by atoms with Gasteiger partial charge < -0.3 is 14.7 Å². The number of ether oxygens (including phenoxy) is 1. The van der Waals surface area contributed by atoms with Gasteiger partial charge in [0, 0.05) is 31.5 Å². The third kappa shape index (κ3) is 12.0. The number of amides is 1. The minimum Gasteiger partial charge on any atom is -0.482 e. The summed E-state index contributed by atoms with van der Waals surface area (Å²) in [5, 5.41) is 8.86. The maximum atomic E-state index is 13.7. The quantitative estimate of drug-likeness (QED) is 0.156. The van der Waals surface area contributed by atoms with Crippen LogP contribution in [0.5, 0.6) is 5.75 Å². The van der Waals surface area contributed by atoms with Crippen molar-refractivity contribution in [2.45, 2.75) is 110 Å². The van der Waals surface area contributed by atoms with E-state index in [1.54, 1.807) is 12.1 Å². The van der Waals surface area contributed by atoms with Crippen LogP contribution < -0.4 is 4.74 Å². The number of carboxylic acid groups (broad SMARTS) is 1. The van der Waals surface area contributed by atoms with Crippen LogP contribution >= 0.6 is 0 Å². The molecule has 0 saturated heterocycles. The van der Waals surface area contributed by atoms with Crippen LogP contribution in [0.15, 0.2) is 48.5 Å². The van der Waals surface area contributed by atoms with Crippen LogP contribution in [-0.2, 0) is 22.7 Å². The Labute approximate surface area is 247 Å². The van der Waals surface area contributed by atoms with E-state index in [4.69, 9.17) is 9.84 Å². The summed E-state index contributed by atoms with van der Waals surface area (Å²) in [5.41, 5.74) is 3.10. The van der Waals surface area contributed by atoms with E-state index >= 15 is 0 Å². The first-order valence-electron chi connectivity index (χ1n) is 15.8. The molecule has 2 aromatic rings. The normalized spacial score (nSPS) is 13.8. The third-order valence-corrected chi connectivity index (χ3v) is 8.25. The van der Waals surface area contributed by atoms with Gasteiger partial charge in [-0.3, -0.25) is 4.79 Å². The van der Waals surface area contributed by atoms with Crippen molar-refractivity contribution < 1.29 is 19.4 Å². The van der Waals surface area contributed by atoms with Crippen LogP contribution in [0, 0.1) is 23.7 Å². The fraction of sp³-hybridized carbons (Fsp3) is 0.556. The Morgan fingerprint density at radius 3 is 2.12 bits per heavy atom. The second-order valence-corrected chi connectivity index (χ2v) is 11.5. The van der Waals surface area contributed by atoms with Crippen molar-refractivity contribution >= 4 is 11.9 Å². The molecule has 0 bridgehead atoms. The Kier molecular flexibility index (Phi) is 14.3. The maximum Gasteiger partial charge on any atom is 0.341 e. The predicted molar refractivity (Wildman–Crippen MR) is 165 cm³/mol. The molecule has 1 atom stereocenters. The number of hydrogen-bond donors (Lipinski definition) is 1. The molecule has 0 radical (unpaired) electrons. The summed E-state index contributed by atoms with van der Waals surface area (Å²) in [7, 11) is 0. The van der Waals surface area contributed by atoms with E-state index in [-0.39, 0.29) is 12.5 Å².